The predicted molar refractivity (Wildman–Crippen MR) is 138 cm³/mol. The lowest BCUT2D eigenvalue weighted by atomic mass is 9.88. The minimum Gasteiger partial charge on any atom is -0.368 e. The molecule has 0 spiro atoms. The van der Waals surface area contributed by atoms with Gasteiger partial charge in [0.1, 0.15) is 0 Å². The van der Waals surface area contributed by atoms with Crippen LogP contribution in [0.15, 0.2) is 17.4 Å². The summed E-state index contributed by atoms with van der Waals surface area (Å²) in [7, 11) is 0. The molecule has 3 atom stereocenters. The summed E-state index contributed by atoms with van der Waals surface area (Å²) in [4.78, 5) is 33.6. The van der Waals surface area contributed by atoms with E-state index >= 15 is 0 Å². The van der Waals surface area contributed by atoms with Crippen LogP contribution in [0, 0.1) is 5.92 Å². The van der Waals surface area contributed by atoms with Gasteiger partial charge in [-0.05, 0) is 64.3 Å². The fourth-order valence-electron chi connectivity index (χ4n) is 6.14. The highest BCUT2D eigenvalue weighted by atomic mass is 35.5. The number of carbonyl (C=O) groups is 1. The fraction of sp³-hybridized carbons (Fsp3) is 0.750. The Morgan fingerprint density at radius 1 is 1.09 bits per heavy atom. The quantitative estimate of drug-likeness (QED) is 0.629. The lowest BCUT2D eigenvalue weighted by Crippen LogP contribution is -2.53. The van der Waals surface area contributed by atoms with Crippen molar-refractivity contribution in [3.8, 4) is 0 Å². The number of piperidine rings is 2. The minimum absolute atomic E-state index is 0.147. The maximum Gasteiger partial charge on any atom is 0.225 e. The van der Waals surface area contributed by atoms with Gasteiger partial charge in [-0.15, -0.1) is 11.6 Å². The maximum atomic E-state index is 13.3. The Hall–Kier alpha value is -1.58. The van der Waals surface area contributed by atoms with Gasteiger partial charge < -0.3 is 15.5 Å². The molecule has 0 radical (unpaired) electrons. The molecule has 0 bridgehead atoms. The van der Waals surface area contributed by atoms with Crippen LogP contribution < -0.4 is 5.73 Å². The summed E-state index contributed by atoms with van der Waals surface area (Å²) in [5.74, 6) is 0.810. The summed E-state index contributed by atoms with van der Waals surface area (Å²) in [6.45, 7) is 4.40. The number of hydrogen-bond acceptors (Lipinski definition) is 8. The number of amidine groups is 1. The van der Waals surface area contributed by atoms with Gasteiger partial charge in [0.15, 0.2) is 5.17 Å². The average Bonchev–Trinajstić information content (AvgIpc) is 3.23. The molecule has 4 heterocycles. The van der Waals surface area contributed by atoms with Gasteiger partial charge in [0.2, 0.25) is 11.9 Å². The molecule has 3 fully saturated rings. The monoisotopic (exact) mass is 505 g/mol. The van der Waals surface area contributed by atoms with Crippen molar-refractivity contribution in [2.45, 2.75) is 75.0 Å². The summed E-state index contributed by atoms with van der Waals surface area (Å²) in [6, 6.07) is 1.34. The molecular weight excluding hydrogens is 470 g/mol. The molecular formula is C24H36ClN7OS. The van der Waals surface area contributed by atoms with E-state index in [9.17, 15) is 4.79 Å². The van der Waals surface area contributed by atoms with Crippen LogP contribution in [0.1, 0.15) is 50.5 Å². The summed E-state index contributed by atoms with van der Waals surface area (Å²) >= 11 is 8.20. The van der Waals surface area contributed by atoms with Crippen molar-refractivity contribution in [1.29, 1.82) is 0 Å². The van der Waals surface area contributed by atoms with Crippen LogP contribution in [-0.2, 0) is 11.3 Å². The molecule has 1 aliphatic carbocycles. The van der Waals surface area contributed by atoms with Gasteiger partial charge in [0.25, 0.3) is 0 Å². The number of nitrogen functional groups attached to an aromatic ring is 1. The number of fused-ring (bicyclic) bond motifs is 1. The van der Waals surface area contributed by atoms with E-state index in [0.717, 1.165) is 83.2 Å². The van der Waals surface area contributed by atoms with E-state index in [4.69, 9.17) is 22.3 Å². The van der Waals surface area contributed by atoms with Gasteiger partial charge in [0.05, 0.1) is 12.1 Å². The molecule has 1 aromatic rings. The first-order chi connectivity index (χ1) is 16.5. The third-order valence-electron chi connectivity index (χ3n) is 7.99. The molecule has 1 amide bonds. The zero-order chi connectivity index (χ0) is 23.7. The van der Waals surface area contributed by atoms with Crippen LogP contribution >= 0.6 is 23.4 Å². The van der Waals surface area contributed by atoms with Crippen LogP contribution in [-0.4, -0.2) is 91.7 Å². The number of carbonyl (C=O) groups excluding carboxylic acids is 1. The van der Waals surface area contributed by atoms with Gasteiger partial charge in [-0.3, -0.25) is 14.7 Å². The number of hydrogen-bond donors (Lipinski definition) is 1. The Balaban J connectivity index is 1.10. The van der Waals surface area contributed by atoms with Gasteiger partial charge in [0, 0.05) is 54.9 Å². The van der Waals surface area contributed by atoms with Gasteiger partial charge >= 0.3 is 0 Å². The summed E-state index contributed by atoms with van der Waals surface area (Å²) in [5.41, 5.74) is 6.65. The van der Waals surface area contributed by atoms with Crippen molar-refractivity contribution < 1.29 is 4.79 Å². The highest BCUT2D eigenvalue weighted by molar-refractivity contribution is 8.13. The van der Waals surface area contributed by atoms with E-state index in [1.165, 1.54) is 5.17 Å². The van der Waals surface area contributed by atoms with Gasteiger partial charge in [-0.1, -0.05) is 11.8 Å². The van der Waals surface area contributed by atoms with Crippen molar-refractivity contribution >= 4 is 40.4 Å². The van der Waals surface area contributed by atoms with Crippen molar-refractivity contribution in [1.82, 2.24) is 24.7 Å². The number of aromatic nitrogens is 2. The zero-order valence-electron chi connectivity index (χ0n) is 20.0. The second-order valence-electron chi connectivity index (χ2n) is 10.1. The fourth-order valence-corrected chi connectivity index (χ4v) is 7.19. The zero-order valence-corrected chi connectivity index (χ0v) is 21.6. The first kappa shape index (κ1) is 24.1. The molecule has 1 saturated carbocycles. The highest BCUT2D eigenvalue weighted by Gasteiger charge is 2.44. The molecule has 3 unspecified atom stereocenters. The molecule has 34 heavy (non-hydrogen) atoms. The molecule has 2 N–H and O–H groups in total. The Labute approximate surface area is 211 Å². The number of nitrogens with two attached hydrogens (primary N) is 1. The maximum absolute atomic E-state index is 13.3. The lowest BCUT2D eigenvalue weighted by molar-refractivity contribution is -0.138. The molecule has 186 valence electrons. The molecule has 0 aromatic carbocycles. The number of alkyl halides is 1. The Morgan fingerprint density at radius 2 is 1.79 bits per heavy atom. The van der Waals surface area contributed by atoms with E-state index in [0.29, 0.717) is 30.0 Å². The summed E-state index contributed by atoms with van der Waals surface area (Å²) in [5, 5.41) is 1.45. The summed E-state index contributed by atoms with van der Waals surface area (Å²) < 4.78 is 0. The second kappa shape index (κ2) is 10.6. The first-order valence-corrected chi connectivity index (χ1v) is 14.3. The molecule has 3 aliphatic heterocycles. The SMILES string of the molecule is CSC1=NC2CC(Cl)CCC2N1C1CCN(C(=O)C2CCN(Cc3cnc(N)nc3)CC2)CC1. The second-order valence-corrected chi connectivity index (χ2v) is 11.5. The van der Waals surface area contributed by atoms with Crippen molar-refractivity contribution in [3.05, 3.63) is 18.0 Å². The Kier molecular flexibility index (Phi) is 7.51. The van der Waals surface area contributed by atoms with Crippen LogP contribution in [0.3, 0.4) is 0 Å². The van der Waals surface area contributed by atoms with Crippen LogP contribution in [0.5, 0.6) is 0 Å². The van der Waals surface area contributed by atoms with Crippen molar-refractivity contribution in [2.24, 2.45) is 10.9 Å². The summed E-state index contributed by atoms with van der Waals surface area (Å²) in [6.07, 6.45) is 12.8. The van der Waals surface area contributed by atoms with E-state index in [1.54, 1.807) is 24.2 Å². The molecule has 1 aromatic heterocycles. The number of anilines is 1. The number of rotatable bonds is 4. The van der Waals surface area contributed by atoms with E-state index < -0.39 is 0 Å². The highest BCUT2D eigenvalue weighted by Crippen LogP contribution is 2.38. The predicted octanol–water partition coefficient (Wildman–Crippen LogP) is 2.82. The topological polar surface area (TPSA) is 91.0 Å². The minimum atomic E-state index is 0.147. The lowest BCUT2D eigenvalue weighted by Gasteiger charge is -2.44. The third-order valence-corrected chi connectivity index (χ3v) is 9.07. The number of amides is 1. The van der Waals surface area contributed by atoms with E-state index in [2.05, 4.69) is 30.9 Å². The van der Waals surface area contributed by atoms with Gasteiger partial charge in [-0.25, -0.2) is 9.97 Å². The van der Waals surface area contributed by atoms with E-state index in [1.807, 2.05) is 0 Å². The van der Waals surface area contributed by atoms with Crippen LogP contribution in [0.4, 0.5) is 5.95 Å². The van der Waals surface area contributed by atoms with Gasteiger partial charge in [-0.2, -0.15) is 0 Å². The van der Waals surface area contributed by atoms with Crippen molar-refractivity contribution in [3.63, 3.8) is 0 Å². The molecule has 4 aliphatic rings. The third kappa shape index (κ3) is 5.16. The molecule has 2 saturated heterocycles. The van der Waals surface area contributed by atoms with Crippen LogP contribution in [0.25, 0.3) is 0 Å². The number of halogens is 1. The number of thioether (sulfide) groups is 1. The first-order valence-electron chi connectivity index (χ1n) is 12.6. The largest absolute Gasteiger partial charge is 0.368 e. The van der Waals surface area contributed by atoms with E-state index in [-0.39, 0.29) is 11.3 Å². The van der Waals surface area contributed by atoms with Crippen LogP contribution in [0.2, 0.25) is 0 Å². The number of aliphatic imine (C=N–C) groups is 1. The molecule has 8 nitrogen and oxygen atoms in total. The van der Waals surface area contributed by atoms with Crippen molar-refractivity contribution in [2.75, 3.05) is 38.2 Å². The average molecular weight is 506 g/mol. The normalized spacial score (nSPS) is 29.2. The molecule has 10 heteroatoms. The molecule has 5 rings (SSSR count). The number of likely N-dealkylation sites (tertiary alicyclic amines) is 2. The standard InChI is InChI=1S/C24H36ClN7OS/c1-34-24-29-20-12-18(25)2-3-21(20)32(24)19-6-10-31(11-7-19)22(33)17-4-8-30(9-5-17)15-16-13-27-23(26)28-14-16/h13-14,17-21H,2-12,15H2,1H3,(H2,26,27,28). The smallest absolute Gasteiger partial charge is 0.225 e. The Bertz CT molecular complexity index is 884. The number of nitrogens with zero attached hydrogens (tertiary/aromatic N) is 6. The Morgan fingerprint density at radius 3 is 2.47 bits per heavy atom.